The third kappa shape index (κ3) is 4.61. The molecule has 0 heterocycles. The van der Waals surface area contributed by atoms with E-state index in [-0.39, 0.29) is 0 Å². The van der Waals surface area contributed by atoms with Gasteiger partial charge in [-0.3, -0.25) is 0 Å². The average Bonchev–Trinajstić information content (AvgIpc) is 2.06. The van der Waals surface area contributed by atoms with Gasteiger partial charge in [-0.25, -0.2) is 0 Å². The Morgan fingerprint density at radius 3 is 1.69 bits per heavy atom. The zero-order valence-corrected chi connectivity index (χ0v) is 10.0. The van der Waals surface area contributed by atoms with Gasteiger partial charge in [0, 0.05) is 19.8 Å². The predicted molar refractivity (Wildman–Crippen MR) is 55.7 cm³/mol. The van der Waals surface area contributed by atoms with Crippen molar-refractivity contribution in [3.8, 4) is 0 Å². The molecule has 0 aromatic carbocycles. The zero-order valence-electron chi connectivity index (χ0n) is 8.20. The summed E-state index contributed by atoms with van der Waals surface area (Å²) in [5.74, 6) is 0. The van der Waals surface area contributed by atoms with Crippen molar-refractivity contribution in [2.75, 3.05) is 19.8 Å². The molecule has 0 aromatic heterocycles. The van der Waals surface area contributed by atoms with E-state index in [2.05, 4.69) is 22.0 Å². The van der Waals surface area contributed by atoms with Crippen LogP contribution in [-0.2, 0) is 13.3 Å². The molecule has 0 aliphatic carbocycles. The molecule has 4 nitrogen and oxygen atoms in total. The first-order chi connectivity index (χ1) is 6.24. The molecule has 0 aliphatic heterocycles. The fourth-order valence-corrected chi connectivity index (χ4v) is 2.81. The number of hydrogen-bond donors (Lipinski definition) is 0. The molecule has 0 fully saturated rings. The molecule has 0 N–H and O–H groups in total. The summed E-state index contributed by atoms with van der Waals surface area (Å²) in [6.07, 6.45) is 0. The topological polar surface area (TPSA) is 40.0 Å². The van der Waals surface area contributed by atoms with E-state index in [0.717, 1.165) is 0 Å². The van der Waals surface area contributed by atoms with Gasteiger partial charge < -0.3 is 13.3 Å². The van der Waals surface area contributed by atoms with Gasteiger partial charge >= 0.3 is 8.97 Å². The Labute approximate surface area is 85.4 Å². The first-order valence-electron chi connectivity index (χ1n) is 4.25. The maximum absolute atomic E-state index is 5.35. The van der Waals surface area contributed by atoms with E-state index in [1.165, 1.54) is 0 Å². The Hall–Kier alpha value is -0.103. The Balaban J connectivity index is 4.46. The maximum atomic E-state index is 5.35. The van der Waals surface area contributed by atoms with Crippen molar-refractivity contribution in [2.45, 2.75) is 20.8 Å². The van der Waals surface area contributed by atoms with Gasteiger partial charge in [0.05, 0.1) is 5.16 Å². The molecule has 0 saturated heterocycles. The largest absolute Gasteiger partial charge is 0.661 e. The zero-order chi connectivity index (χ0) is 10.2. The predicted octanol–water partition coefficient (Wildman–Crippen LogP) is 1.63. The number of nitrogens with zero attached hydrogens (tertiary/aromatic N) is 1. The third-order valence-electron chi connectivity index (χ3n) is 1.16. The first kappa shape index (κ1) is 12.9. The smallest absolute Gasteiger partial charge is 0.355 e. The molecule has 0 radical (unpaired) electrons. The quantitative estimate of drug-likeness (QED) is 0.372. The number of hydrogen-bond acceptors (Lipinski definition) is 5. The van der Waals surface area contributed by atoms with E-state index >= 15 is 0 Å². The second-order valence-corrected chi connectivity index (χ2v) is 4.35. The Morgan fingerprint density at radius 2 is 1.46 bits per heavy atom. The van der Waals surface area contributed by atoms with E-state index in [0.29, 0.717) is 19.8 Å². The summed E-state index contributed by atoms with van der Waals surface area (Å²) in [5.41, 5.74) is 0. The lowest BCUT2D eigenvalue weighted by Gasteiger charge is -2.21. The van der Waals surface area contributed by atoms with Crippen LogP contribution >= 0.6 is 12.2 Å². The molecule has 0 bridgehead atoms. The second-order valence-electron chi connectivity index (χ2n) is 2.03. The summed E-state index contributed by atoms with van der Waals surface area (Å²) >= 11 is 4.52. The Kier molecular flexibility index (Phi) is 7.26. The molecule has 0 rings (SSSR count). The van der Waals surface area contributed by atoms with Gasteiger partial charge in [-0.05, 0) is 33.0 Å². The molecule has 0 unspecified atom stereocenters. The summed E-state index contributed by atoms with van der Waals surface area (Å²) in [7, 11) is -2.89. The van der Waals surface area contributed by atoms with Crippen molar-refractivity contribution in [3.63, 3.8) is 0 Å². The third-order valence-corrected chi connectivity index (χ3v) is 3.76. The van der Waals surface area contributed by atoms with Crippen LogP contribution in [0.2, 0.25) is 0 Å². The van der Waals surface area contributed by atoms with E-state index in [9.17, 15) is 0 Å². The molecule has 0 aromatic rings. The van der Waals surface area contributed by atoms with Gasteiger partial charge in [0.25, 0.3) is 0 Å². The minimum atomic E-state index is -2.89. The van der Waals surface area contributed by atoms with E-state index in [1.54, 1.807) is 0 Å². The molecule has 0 atom stereocenters. The molecule has 13 heavy (non-hydrogen) atoms. The van der Waals surface area contributed by atoms with Crippen LogP contribution in [0.5, 0.6) is 0 Å². The normalized spacial score (nSPS) is 11.0. The fourth-order valence-electron chi connectivity index (χ4n) is 0.825. The highest BCUT2D eigenvalue weighted by Crippen LogP contribution is 2.10. The van der Waals surface area contributed by atoms with Crippen molar-refractivity contribution in [3.05, 3.63) is 0 Å². The standard InChI is InChI=1S/C7H15NO3SSi/c1-4-9-13(8-7-12,10-5-2)11-6-3/h4-6H2,1-3H3. The van der Waals surface area contributed by atoms with Gasteiger partial charge in [0.2, 0.25) is 0 Å². The highest BCUT2D eigenvalue weighted by Gasteiger charge is 2.42. The van der Waals surface area contributed by atoms with Crippen LogP contribution in [0, 0.1) is 0 Å². The first-order valence-corrected chi connectivity index (χ1v) is 6.33. The summed E-state index contributed by atoms with van der Waals surface area (Å²) in [4.78, 5) is 0. The summed E-state index contributed by atoms with van der Waals surface area (Å²) in [5, 5.41) is 2.26. The van der Waals surface area contributed by atoms with E-state index in [4.69, 9.17) is 13.3 Å². The van der Waals surface area contributed by atoms with Crippen LogP contribution in [-0.4, -0.2) is 33.9 Å². The SMILES string of the molecule is CCO[Si](N=C=S)(OCC)OCC. The van der Waals surface area contributed by atoms with Crippen molar-refractivity contribution in [1.29, 1.82) is 0 Å². The fraction of sp³-hybridized carbons (Fsp3) is 0.857. The number of thiocarbonyl (C=S) groups is 1. The maximum Gasteiger partial charge on any atom is 0.661 e. The Bertz CT molecular complexity index is 168. The average molecular weight is 221 g/mol. The summed E-state index contributed by atoms with van der Waals surface area (Å²) < 4.78 is 19.9. The van der Waals surface area contributed by atoms with Gasteiger partial charge in [0.1, 0.15) is 0 Å². The summed E-state index contributed by atoms with van der Waals surface area (Å²) in [6.45, 7) is 7.06. The van der Waals surface area contributed by atoms with Crippen LogP contribution in [0.4, 0.5) is 0 Å². The lowest BCUT2D eigenvalue weighted by atomic mass is 10.9. The minimum absolute atomic E-state index is 0.493. The van der Waals surface area contributed by atoms with Crippen molar-refractivity contribution in [2.24, 2.45) is 4.66 Å². The minimum Gasteiger partial charge on any atom is -0.355 e. The number of isothiocyanates is 1. The van der Waals surface area contributed by atoms with Gasteiger partial charge in [0.15, 0.2) is 0 Å². The second kappa shape index (κ2) is 7.31. The number of rotatable bonds is 7. The molecule has 0 amide bonds. The lowest BCUT2D eigenvalue weighted by Crippen LogP contribution is -2.44. The molecular weight excluding hydrogens is 206 g/mol. The van der Waals surface area contributed by atoms with E-state index in [1.807, 2.05) is 20.8 Å². The van der Waals surface area contributed by atoms with Gasteiger partial charge in [-0.1, -0.05) is 0 Å². The van der Waals surface area contributed by atoms with Crippen LogP contribution in [0.25, 0.3) is 0 Å². The van der Waals surface area contributed by atoms with Crippen LogP contribution < -0.4 is 0 Å². The highest BCUT2D eigenvalue weighted by molar-refractivity contribution is 7.78. The molecule has 6 heteroatoms. The van der Waals surface area contributed by atoms with Crippen molar-refractivity contribution >= 4 is 26.3 Å². The molecular formula is C7H15NO3SSi. The lowest BCUT2D eigenvalue weighted by molar-refractivity contribution is 0.0733. The van der Waals surface area contributed by atoms with Crippen molar-refractivity contribution < 1.29 is 13.3 Å². The van der Waals surface area contributed by atoms with Gasteiger partial charge in [-0.15, -0.1) is 0 Å². The van der Waals surface area contributed by atoms with Crippen LogP contribution in [0.3, 0.4) is 0 Å². The van der Waals surface area contributed by atoms with Crippen molar-refractivity contribution in [1.82, 2.24) is 0 Å². The molecule has 76 valence electrons. The highest BCUT2D eigenvalue weighted by atomic mass is 32.1. The monoisotopic (exact) mass is 221 g/mol. The molecule has 0 aliphatic rings. The molecule has 0 saturated carbocycles. The summed E-state index contributed by atoms with van der Waals surface area (Å²) in [6, 6.07) is 0. The van der Waals surface area contributed by atoms with E-state index < -0.39 is 8.97 Å². The molecule has 0 spiro atoms. The Morgan fingerprint density at radius 1 is 1.08 bits per heavy atom. The van der Waals surface area contributed by atoms with Crippen LogP contribution in [0.1, 0.15) is 20.8 Å². The van der Waals surface area contributed by atoms with Gasteiger partial charge in [-0.2, -0.15) is 4.66 Å². The van der Waals surface area contributed by atoms with Crippen LogP contribution in [0.15, 0.2) is 4.66 Å².